The molecular formula is C15H28O3. The van der Waals surface area contributed by atoms with Crippen molar-refractivity contribution in [3.8, 4) is 0 Å². The van der Waals surface area contributed by atoms with Crippen LogP contribution in [0.3, 0.4) is 0 Å². The average molecular weight is 256 g/mol. The number of ketones is 1. The molecule has 0 aromatic heterocycles. The van der Waals surface area contributed by atoms with Gasteiger partial charge in [0.15, 0.2) is 5.78 Å². The van der Waals surface area contributed by atoms with E-state index in [-0.39, 0.29) is 17.0 Å². The molecule has 1 unspecified atom stereocenters. The molecule has 18 heavy (non-hydrogen) atoms. The highest BCUT2D eigenvalue weighted by atomic mass is 16.5. The molecule has 106 valence electrons. The van der Waals surface area contributed by atoms with Crippen molar-refractivity contribution in [2.45, 2.75) is 72.2 Å². The topological polar surface area (TPSA) is 35.5 Å². The second kappa shape index (κ2) is 6.48. The van der Waals surface area contributed by atoms with E-state index >= 15 is 0 Å². The molecule has 0 aromatic rings. The van der Waals surface area contributed by atoms with Crippen LogP contribution in [0.5, 0.6) is 0 Å². The Labute approximate surface area is 112 Å². The van der Waals surface area contributed by atoms with Crippen molar-refractivity contribution in [2.24, 2.45) is 0 Å². The van der Waals surface area contributed by atoms with Gasteiger partial charge in [0.1, 0.15) is 6.10 Å². The third-order valence-corrected chi connectivity index (χ3v) is 2.44. The van der Waals surface area contributed by atoms with E-state index in [2.05, 4.69) is 6.58 Å². The van der Waals surface area contributed by atoms with Crippen molar-refractivity contribution in [3.05, 3.63) is 12.2 Å². The molecule has 0 saturated heterocycles. The predicted octanol–water partition coefficient (Wildman–Crippen LogP) is 3.52. The normalized spacial score (nSPS) is 14.4. The van der Waals surface area contributed by atoms with E-state index in [1.807, 2.05) is 34.6 Å². The van der Waals surface area contributed by atoms with Crippen LogP contribution in [0.2, 0.25) is 0 Å². The number of carbonyl (C=O) groups excluding carboxylic acids is 1. The lowest BCUT2D eigenvalue weighted by Crippen LogP contribution is -2.36. The lowest BCUT2D eigenvalue weighted by molar-refractivity contribution is -0.135. The zero-order chi connectivity index (χ0) is 14.6. The van der Waals surface area contributed by atoms with Gasteiger partial charge in [-0.1, -0.05) is 6.58 Å². The maximum Gasteiger partial charge on any atom is 0.186 e. The van der Waals surface area contributed by atoms with Crippen LogP contribution in [-0.2, 0) is 14.3 Å². The third kappa shape index (κ3) is 7.62. The quantitative estimate of drug-likeness (QED) is 0.654. The highest BCUT2D eigenvalue weighted by Gasteiger charge is 2.26. The van der Waals surface area contributed by atoms with Crippen LogP contribution in [-0.4, -0.2) is 29.7 Å². The Kier molecular flexibility index (Phi) is 6.24. The molecule has 1 atom stereocenters. The fraction of sp³-hybridized carbons (Fsp3) is 0.800. The van der Waals surface area contributed by atoms with E-state index in [4.69, 9.17) is 9.47 Å². The van der Waals surface area contributed by atoms with E-state index in [0.29, 0.717) is 12.2 Å². The van der Waals surface area contributed by atoms with Crippen molar-refractivity contribution in [2.75, 3.05) is 6.61 Å². The Hall–Kier alpha value is -0.670. The highest BCUT2D eigenvalue weighted by Crippen LogP contribution is 2.23. The minimum atomic E-state index is -0.423. The monoisotopic (exact) mass is 256 g/mol. The standard InChI is InChI=1S/C15H28O3/c1-11(2)13(16)12(3)17-10-9-15(7,8)18-14(4,5)6/h12H,1,9-10H2,2-8H3. The van der Waals surface area contributed by atoms with E-state index in [1.54, 1.807) is 13.8 Å². The van der Waals surface area contributed by atoms with E-state index in [9.17, 15) is 4.79 Å². The lowest BCUT2D eigenvalue weighted by atomic mass is 10.0. The van der Waals surface area contributed by atoms with Gasteiger partial charge >= 0.3 is 0 Å². The molecule has 0 aliphatic carbocycles. The Morgan fingerprint density at radius 3 is 2.11 bits per heavy atom. The number of hydrogen-bond acceptors (Lipinski definition) is 3. The van der Waals surface area contributed by atoms with E-state index < -0.39 is 6.10 Å². The minimum Gasteiger partial charge on any atom is -0.370 e. The average Bonchev–Trinajstić information content (AvgIpc) is 2.11. The van der Waals surface area contributed by atoms with Crippen molar-refractivity contribution < 1.29 is 14.3 Å². The molecule has 0 N–H and O–H groups in total. The van der Waals surface area contributed by atoms with Crippen molar-refractivity contribution in [1.29, 1.82) is 0 Å². The molecule has 0 bridgehead atoms. The first-order valence-corrected chi connectivity index (χ1v) is 6.46. The van der Waals surface area contributed by atoms with Crippen LogP contribution >= 0.6 is 0 Å². The molecule has 0 radical (unpaired) electrons. The first-order chi connectivity index (χ1) is 7.94. The third-order valence-electron chi connectivity index (χ3n) is 2.44. The van der Waals surface area contributed by atoms with Gasteiger partial charge in [0.05, 0.1) is 17.8 Å². The SMILES string of the molecule is C=C(C)C(=O)C(C)OCCC(C)(C)OC(C)(C)C. The summed E-state index contributed by atoms with van der Waals surface area (Å²) in [6.07, 6.45) is 0.325. The molecule has 3 nitrogen and oxygen atoms in total. The number of carbonyl (C=O) groups is 1. The number of ether oxygens (including phenoxy) is 2. The number of Topliss-reactive ketones (excluding diaryl/α,β-unsaturated/α-hetero) is 1. The molecule has 0 aliphatic heterocycles. The Morgan fingerprint density at radius 2 is 1.72 bits per heavy atom. The zero-order valence-electron chi connectivity index (χ0n) is 12.9. The summed E-state index contributed by atoms with van der Waals surface area (Å²) in [6.45, 7) is 17.8. The smallest absolute Gasteiger partial charge is 0.186 e. The molecule has 0 saturated carbocycles. The van der Waals surface area contributed by atoms with Crippen LogP contribution in [0, 0.1) is 0 Å². The highest BCUT2D eigenvalue weighted by molar-refractivity contribution is 5.97. The molecule has 0 aliphatic rings. The molecule has 0 heterocycles. The minimum absolute atomic E-state index is 0.0375. The van der Waals surface area contributed by atoms with Crippen molar-refractivity contribution in [3.63, 3.8) is 0 Å². The molecule has 0 fully saturated rings. The van der Waals surface area contributed by atoms with Gasteiger partial charge in [-0.05, 0) is 60.5 Å². The summed E-state index contributed by atoms with van der Waals surface area (Å²) in [5.41, 5.74) is 0.0973. The summed E-state index contributed by atoms with van der Waals surface area (Å²) in [6, 6.07) is 0. The van der Waals surface area contributed by atoms with Gasteiger partial charge in [-0.15, -0.1) is 0 Å². The van der Waals surface area contributed by atoms with Gasteiger partial charge in [0.25, 0.3) is 0 Å². The number of hydrogen-bond donors (Lipinski definition) is 0. The largest absolute Gasteiger partial charge is 0.370 e. The summed E-state index contributed by atoms with van der Waals surface area (Å²) in [7, 11) is 0. The van der Waals surface area contributed by atoms with Crippen LogP contribution in [0.25, 0.3) is 0 Å². The van der Waals surface area contributed by atoms with Crippen molar-refractivity contribution in [1.82, 2.24) is 0 Å². The Balaban J connectivity index is 4.11. The fourth-order valence-electron chi connectivity index (χ4n) is 1.78. The van der Waals surface area contributed by atoms with Gasteiger partial charge in [-0.25, -0.2) is 0 Å². The van der Waals surface area contributed by atoms with Gasteiger partial charge < -0.3 is 9.47 Å². The molecular weight excluding hydrogens is 228 g/mol. The first-order valence-electron chi connectivity index (χ1n) is 6.46. The van der Waals surface area contributed by atoms with Gasteiger partial charge in [0, 0.05) is 0 Å². The van der Waals surface area contributed by atoms with Gasteiger partial charge in [0.2, 0.25) is 0 Å². The molecule has 0 spiro atoms. The molecule has 3 heteroatoms. The predicted molar refractivity (Wildman–Crippen MR) is 74.8 cm³/mol. The van der Waals surface area contributed by atoms with Crippen LogP contribution < -0.4 is 0 Å². The fourth-order valence-corrected chi connectivity index (χ4v) is 1.78. The van der Waals surface area contributed by atoms with Gasteiger partial charge in [-0.2, -0.15) is 0 Å². The second-order valence-electron chi connectivity index (χ2n) is 6.38. The van der Waals surface area contributed by atoms with E-state index in [1.165, 1.54) is 0 Å². The molecule has 0 amide bonds. The van der Waals surface area contributed by atoms with Crippen LogP contribution in [0.4, 0.5) is 0 Å². The maximum absolute atomic E-state index is 11.6. The van der Waals surface area contributed by atoms with Crippen molar-refractivity contribution >= 4 is 5.78 Å². The number of rotatable bonds is 7. The zero-order valence-corrected chi connectivity index (χ0v) is 12.9. The maximum atomic E-state index is 11.6. The molecule has 0 aromatic carbocycles. The lowest BCUT2D eigenvalue weighted by Gasteiger charge is -2.34. The summed E-state index contributed by atoms with van der Waals surface area (Å²) in [4.78, 5) is 11.6. The molecule has 0 rings (SSSR count). The first kappa shape index (κ1) is 17.3. The summed E-state index contributed by atoms with van der Waals surface area (Å²) in [5.74, 6) is -0.0375. The summed E-state index contributed by atoms with van der Waals surface area (Å²) < 4.78 is 11.5. The van der Waals surface area contributed by atoms with E-state index in [0.717, 1.165) is 6.42 Å². The summed E-state index contributed by atoms with van der Waals surface area (Å²) >= 11 is 0. The van der Waals surface area contributed by atoms with Gasteiger partial charge in [-0.3, -0.25) is 4.79 Å². The second-order valence-corrected chi connectivity index (χ2v) is 6.38. The Bertz CT molecular complexity index is 297. The van der Waals surface area contributed by atoms with Crippen LogP contribution in [0.15, 0.2) is 12.2 Å². The summed E-state index contributed by atoms with van der Waals surface area (Å²) in [5, 5.41) is 0. The Morgan fingerprint density at radius 1 is 1.22 bits per heavy atom. The van der Waals surface area contributed by atoms with Crippen LogP contribution in [0.1, 0.15) is 54.9 Å².